The highest BCUT2D eigenvalue weighted by Gasteiger charge is 2.25. The summed E-state index contributed by atoms with van der Waals surface area (Å²) in [5, 5.41) is 3.59. The zero-order chi connectivity index (χ0) is 17.8. The fourth-order valence-corrected chi connectivity index (χ4v) is 3.57. The molecule has 2 aliphatic rings. The normalized spacial score (nSPS) is 21.3. The van der Waals surface area contributed by atoms with Gasteiger partial charge in [-0.2, -0.15) is 0 Å². The lowest BCUT2D eigenvalue weighted by molar-refractivity contribution is -0.134. The van der Waals surface area contributed by atoms with Crippen molar-refractivity contribution in [3.05, 3.63) is 28.8 Å². The second-order valence-corrected chi connectivity index (χ2v) is 7.18. The van der Waals surface area contributed by atoms with Gasteiger partial charge in [0.1, 0.15) is 5.75 Å². The molecule has 0 radical (unpaired) electrons. The minimum Gasteiger partial charge on any atom is -0.483 e. The van der Waals surface area contributed by atoms with Crippen LogP contribution >= 0.6 is 11.6 Å². The summed E-state index contributed by atoms with van der Waals surface area (Å²) < 4.78 is 5.54. The van der Waals surface area contributed by atoms with Crippen molar-refractivity contribution in [2.24, 2.45) is 5.92 Å². The standard InChI is InChI=1S/C18H24ClN3O3/c1-21-7-2-3-13(10-21)18(24)20-6-8-22-11-14-9-15(19)4-5-16(14)25-12-17(22)23/h4-5,9,13H,2-3,6-8,10-12H2,1H3,(H,20,24). The molecular weight excluding hydrogens is 342 g/mol. The third-order valence-electron chi connectivity index (χ3n) is 4.76. The average Bonchev–Trinajstić information content (AvgIpc) is 2.74. The van der Waals surface area contributed by atoms with Gasteiger partial charge in [0, 0.05) is 36.8 Å². The highest BCUT2D eigenvalue weighted by atomic mass is 35.5. The number of fused-ring (bicyclic) bond motifs is 1. The van der Waals surface area contributed by atoms with E-state index in [1.807, 2.05) is 13.1 Å². The first kappa shape index (κ1) is 18.0. The minimum absolute atomic E-state index is 0.00992. The van der Waals surface area contributed by atoms with Gasteiger partial charge in [0.05, 0.1) is 5.92 Å². The molecule has 0 aromatic heterocycles. The maximum atomic E-state index is 12.3. The lowest BCUT2D eigenvalue weighted by Gasteiger charge is -2.29. The minimum atomic E-state index is -0.0843. The molecular formula is C18H24ClN3O3. The van der Waals surface area contributed by atoms with E-state index in [1.54, 1.807) is 17.0 Å². The van der Waals surface area contributed by atoms with E-state index in [0.29, 0.717) is 30.4 Å². The third-order valence-corrected chi connectivity index (χ3v) is 5.00. The summed E-state index contributed by atoms with van der Waals surface area (Å²) in [7, 11) is 2.04. The Balaban J connectivity index is 1.53. The molecule has 3 rings (SSSR count). The number of benzene rings is 1. The van der Waals surface area contributed by atoms with Crippen molar-refractivity contribution < 1.29 is 14.3 Å². The van der Waals surface area contributed by atoms with Gasteiger partial charge in [0.25, 0.3) is 5.91 Å². The molecule has 1 aromatic rings. The third kappa shape index (κ3) is 4.64. The fraction of sp³-hybridized carbons (Fsp3) is 0.556. The molecule has 0 bridgehead atoms. The van der Waals surface area contributed by atoms with E-state index >= 15 is 0 Å². The number of halogens is 1. The van der Waals surface area contributed by atoms with Gasteiger partial charge in [-0.1, -0.05) is 11.6 Å². The summed E-state index contributed by atoms with van der Waals surface area (Å²) in [6.07, 6.45) is 1.98. The molecule has 1 unspecified atom stereocenters. The van der Waals surface area contributed by atoms with E-state index in [9.17, 15) is 9.59 Å². The molecule has 1 fully saturated rings. The fourth-order valence-electron chi connectivity index (χ4n) is 3.38. The highest BCUT2D eigenvalue weighted by molar-refractivity contribution is 6.30. The van der Waals surface area contributed by atoms with E-state index in [1.165, 1.54) is 0 Å². The topological polar surface area (TPSA) is 61.9 Å². The Morgan fingerprint density at radius 2 is 2.28 bits per heavy atom. The highest BCUT2D eigenvalue weighted by Crippen LogP contribution is 2.26. The molecule has 0 spiro atoms. The second kappa shape index (κ2) is 8.06. The molecule has 25 heavy (non-hydrogen) atoms. The first-order chi connectivity index (χ1) is 12.0. The molecule has 2 aliphatic heterocycles. The second-order valence-electron chi connectivity index (χ2n) is 6.75. The monoisotopic (exact) mass is 365 g/mol. The number of likely N-dealkylation sites (tertiary alicyclic amines) is 1. The van der Waals surface area contributed by atoms with E-state index in [2.05, 4.69) is 10.2 Å². The van der Waals surface area contributed by atoms with Gasteiger partial charge < -0.3 is 19.9 Å². The summed E-state index contributed by atoms with van der Waals surface area (Å²) >= 11 is 6.04. The van der Waals surface area contributed by atoms with Crippen LogP contribution in [0.1, 0.15) is 18.4 Å². The summed E-state index contributed by atoms with van der Waals surface area (Å²) in [5.41, 5.74) is 0.888. The molecule has 0 saturated carbocycles. The predicted octanol–water partition coefficient (Wildman–Crippen LogP) is 1.52. The lowest BCUT2D eigenvalue weighted by Crippen LogP contribution is -2.44. The van der Waals surface area contributed by atoms with Crippen LogP contribution in [0.4, 0.5) is 0 Å². The number of carbonyl (C=O) groups excluding carboxylic acids is 2. The summed E-state index contributed by atoms with van der Waals surface area (Å²) in [4.78, 5) is 28.4. The van der Waals surface area contributed by atoms with E-state index in [4.69, 9.17) is 16.3 Å². The Labute approximate surface area is 153 Å². The van der Waals surface area contributed by atoms with Gasteiger partial charge in [-0.15, -0.1) is 0 Å². The molecule has 6 nitrogen and oxygen atoms in total. The van der Waals surface area contributed by atoms with Crippen molar-refractivity contribution in [1.82, 2.24) is 15.1 Å². The van der Waals surface area contributed by atoms with Gasteiger partial charge in [0.15, 0.2) is 6.61 Å². The Morgan fingerprint density at radius 3 is 3.08 bits per heavy atom. The van der Waals surface area contributed by atoms with Crippen LogP contribution in [0, 0.1) is 5.92 Å². The smallest absolute Gasteiger partial charge is 0.260 e. The number of nitrogens with zero attached hydrogens (tertiary/aromatic N) is 2. The SMILES string of the molecule is CN1CCCC(C(=O)NCCN2Cc3cc(Cl)ccc3OCC2=O)C1. The van der Waals surface area contributed by atoms with Crippen LogP contribution in [0.3, 0.4) is 0 Å². The van der Waals surface area contributed by atoms with Crippen LogP contribution in [-0.4, -0.2) is 61.4 Å². The molecule has 1 saturated heterocycles. The first-order valence-electron chi connectivity index (χ1n) is 8.68. The van der Waals surface area contributed by atoms with Crippen molar-refractivity contribution in [2.75, 3.05) is 39.8 Å². The first-order valence-corrected chi connectivity index (χ1v) is 9.06. The maximum absolute atomic E-state index is 12.3. The predicted molar refractivity (Wildman–Crippen MR) is 95.6 cm³/mol. The van der Waals surface area contributed by atoms with Gasteiger partial charge in [0.2, 0.25) is 5.91 Å². The van der Waals surface area contributed by atoms with Gasteiger partial charge in [-0.25, -0.2) is 0 Å². The summed E-state index contributed by atoms with van der Waals surface area (Å²) in [6, 6.07) is 5.36. The maximum Gasteiger partial charge on any atom is 0.260 e. The van der Waals surface area contributed by atoms with Crippen LogP contribution < -0.4 is 10.1 Å². The number of hydrogen-bond acceptors (Lipinski definition) is 4. The zero-order valence-corrected chi connectivity index (χ0v) is 15.2. The zero-order valence-electron chi connectivity index (χ0n) is 14.5. The van der Waals surface area contributed by atoms with E-state index in [0.717, 1.165) is 31.5 Å². The number of hydrogen-bond donors (Lipinski definition) is 1. The van der Waals surface area contributed by atoms with Crippen molar-refractivity contribution in [1.29, 1.82) is 0 Å². The molecule has 1 aromatic carbocycles. The molecule has 136 valence electrons. The van der Waals surface area contributed by atoms with Crippen molar-refractivity contribution in [2.45, 2.75) is 19.4 Å². The number of amides is 2. The van der Waals surface area contributed by atoms with Gasteiger partial charge >= 0.3 is 0 Å². The Morgan fingerprint density at radius 1 is 1.44 bits per heavy atom. The van der Waals surface area contributed by atoms with Crippen molar-refractivity contribution in [3.8, 4) is 5.75 Å². The van der Waals surface area contributed by atoms with Crippen molar-refractivity contribution >= 4 is 23.4 Å². The average molecular weight is 366 g/mol. The molecule has 1 N–H and O–H groups in total. The summed E-state index contributed by atoms with van der Waals surface area (Å²) in [6.45, 7) is 3.21. The molecule has 2 heterocycles. The molecule has 1 atom stereocenters. The van der Waals surface area contributed by atoms with E-state index < -0.39 is 0 Å². The number of piperidine rings is 1. The summed E-state index contributed by atoms with van der Waals surface area (Å²) in [5.74, 6) is 0.725. The molecule has 7 heteroatoms. The Hall–Kier alpha value is -1.79. The molecule has 2 amide bonds. The van der Waals surface area contributed by atoms with Crippen LogP contribution in [-0.2, 0) is 16.1 Å². The van der Waals surface area contributed by atoms with Crippen LogP contribution in [0.25, 0.3) is 0 Å². The number of rotatable bonds is 4. The molecule has 0 aliphatic carbocycles. The number of carbonyl (C=O) groups is 2. The van der Waals surface area contributed by atoms with Crippen molar-refractivity contribution in [3.63, 3.8) is 0 Å². The van der Waals surface area contributed by atoms with E-state index in [-0.39, 0.29) is 24.3 Å². The van der Waals surface area contributed by atoms with Crippen LogP contribution in [0.15, 0.2) is 18.2 Å². The largest absolute Gasteiger partial charge is 0.483 e. The van der Waals surface area contributed by atoms with Crippen LogP contribution in [0.2, 0.25) is 5.02 Å². The van der Waals surface area contributed by atoms with Gasteiger partial charge in [-0.3, -0.25) is 9.59 Å². The lowest BCUT2D eigenvalue weighted by atomic mass is 9.98. The Bertz CT molecular complexity index is 652. The number of ether oxygens (including phenoxy) is 1. The Kier molecular flexibility index (Phi) is 5.81. The van der Waals surface area contributed by atoms with Crippen LogP contribution in [0.5, 0.6) is 5.75 Å². The van der Waals surface area contributed by atoms with Gasteiger partial charge in [-0.05, 0) is 44.6 Å². The quantitative estimate of drug-likeness (QED) is 0.878. The number of nitrogens with one attached hydrogen (secondary N) is 1.